The SMILES string of the molecule is CCc1nn(CCCCOC)c(CC)c1CO. The molecule has 1 aromatic heterocycles. The van der Waals surface area contributed by atoms with Crippen LogP contribution in [0.4, 0.5) is 0 Å². The highest BCUT2D eigenvalue weighted by atomic mass is 16.5. The van der Waals surface area contributed by atoms with Crippen LogP contribution in [0.5, 0.6) is 0 Å². The first-order valence-electron chi connectivity index (χ1n) is 6.45. The van der Waals surface area contributed by atoms with Crippen molar-refractivity contribution in [2.45, 2.75) is 52.7 Å². The number of hydrogen-bond donors (Lipinski definition) is 1. The van der Waals surface area contributed by atoms with Gasteiger partial charge in [-0.2, -0.15) is 5.10 Å². The van der Waals surface area contributed by atoms with E-state index < -0.39 is 0 Å². The molecule has 0 fully saturated rings. The molecular weight excluding hydrogens is 216 g/mol. The third-order valence-electron chi connectivity index (χ3n) is 3.05. The Kier molecular flexibility index (Phi) is 6.22. The summed E-state index contributed by atoms with van der Waals surface area (Å²) in [6.45, 7) is 6.01. The molecule has 0 saturated carbocycles. The van der Waals surface area contributed by atoms with Gasteiger partial charge in [-0.15, -0.1) is 0 Å². The van der Waals surface area contributed by atoms with Gasteiger partial charge < -0.3 is 9.84 Å². The molecule has 0 aliphatic heterocycles. The average Bonchev–Trinajstić information content (AvgIpc) is 2.71. The monoisotopic (exact) mass is 240 g/mol. The van der Waals surface area contributed by atoms with Crippen molar-refractivity contribution in [3.8, 4) is 0 Å². The van der Waals surface area contributed by atoms with E-state index in [2.05, 4.69) is 23.6 Å². The van der Waals surface area contributed by atoms with Gasteiger partial charge in [-0.3, -0.25) is 4.68 Å². The van der Waals surface area contributed by atoms with Gasteiger partial charge in [-0.25, -0.2) is 0 Å². The normalized spacial score (nSPS) is 11.1. The molecule has 0 unspecified atom stereocenters. The van der Waals surface area contributed by atoms with Gasteiger partial charge in [0.1, 0.15) is 0 Å². The van der Waals surface area contributed by atoms with E-state index in [-0.39, 0.29) is 6.61 Å². The van der Waals surface area contributed by atoms with Gasteiger partial charge in [0.2, 0.25) is 0 Å². The number of ether oxygens (including phenoxy) is 1. The standard InChI is InChI=1S/C13H24N2O2/c1-4-12-11(10-16)13(5-2)15(14-12)8-6-7-9-17-3/h16H,4-10H2,1-3H3. The van der Waals surface area contributed by atoms with E-state index in [1.54, 1.807) is 7.11 Å². The van der Waals surface area contributed by atoms with Crippen molar-refractivity contribution in [1.82, 2.24) is 9.78 Å². The molecule has 0 bridgehead atoms. The van der Waals surface area contributed by atoms with E-state index in [1.165, 1.54) is 5.69 Å². The number of rotatable bonds is 8. The Morgan fingerprint density at radius 2 is 2.00 bits per heavy atom. The first kappa shape index (κ1) is 14.2. The topological polar surface area (TPSA) is 47.3 Å². The molecule has 0 aromatic carbocycles. The Hall–Kier alpha value is -0.870. The second kappa shape index (κ2) is 7.45. The lowest BCUT2D eigenvalue weighted by molar-refractivity contribution is 0.190. The highest BCUT2D eigenvalue weighted by Gasteiger charge is 2.13. The summed E-state index contributed by atoms with van der Waals surface area (Å²) < 4.78 is 7.09. The minimum atomic E-state index is 0.102. The molecule has 1 heterocycles. The summed E-state index contributed by atoms with van der Waals surface area (Å²) in [5, 5.41) is 14.0. The van der Waals surface area contributed by atoms with E-state index >= 15 is 0 Å². The van der Waals surface area contributed by atoms with Gasteiger partial charge in [0.15, 0.2) is 0 Å². The lowest BCUT2D eigenvalue weighted by Gasteiger charge is -2.06. The van der Waals surface area contributed by atoms with E-state index in [1.807, 2.05) is 0 Å². The van der Waals surface area contributed by atoms with Gasteiger partial charge in [-0.05, 0) is 25.7 Å². The number of hydrogen-bond acceptors (Lipinski definition) is 3. The Morgan fingerprint density at radius 1 is 1.24 bits per heavy atom. The summed E-state index contributed by atoms with van der Waals surface area (Å²) in [5.41, 5.74) is 3.25. The third kappa shape index (κ3) is 3.54. The molecule has 0 radical (unpaired) electrons. The van der Waals surface area contributed by atoms with Crippen molar-refractivity contribution in [2.24, 2.45) is 0 Å². The fourth-order valence-corrected chi connectivity index (χ4v) is 2.14. The molecule has 17 heavy (non-hydrogen) atoms. The average molecular weight is 240 g/mol. The van der Waals surface area contributed by atoms with Crippen LogP contribution in [0.2, 0.25) is 0 Å². The number of aromatic nitrogens is 2. The fourth-order valence-electron chi connectivity index (χ4n) is 2.14. The number of aryl methyl sites for hydroxylation is 2. The minimum absolute atomic E-state index is 0.102. The molecule has 0 atom stereocenters. The maximum absolute atomic E-state index is 9.41. The first-order chi connectivity index (χ1) is 8.28. The predicted molar refractivity (Wildman–Crippen MR) is 68.0 cm³/mol. The molecule has 4 heteroatoms. The Morgan fingerprint density at radius 3 is 2.53 bits per heavy atom. The molecular formula is C13H24N2O2. The summed E-state index contributed by atoms with van der Waals surface area (Å²) in [5.74, 6) is 0. The Bertz CT molecular complexity index is 334. The molecule has 0 saturated heterocycles. The van der Waals surface area contributed by atoms with Crippen LogP contribution in [-0.4, -0.2) is 28.6 Å². The smallest absolute Gasteiger partial charge is 0.0718 e. The van der Waals surface area contributed by atoms with Gasteiger partial charge in [0.05, 0.1) is 12.3 Å². The lowest BCUT2D eigenvalue weighted by atomic mass is 10.1. The minimum Gasteiger partial charge on any atom is -0.392 e. The van der Waals surface area contributed by atoms with Crippen molar-refractivity contribution >= 4 is 0 Å². The van der Waals surface area contributed by atoms with Gasteiger partial charge in [0, 0.05) is 31.5 Å². The van der Waals surface area contributed by atoms with Crippen LogP contribution in [0.25, 0.3) is 0 Å². The zero-order valence-electron chi connectivity index (χ0n) is 11.2. The van der Waals surface area contributed by atoms with Crippen molar-refractivity contribution in [3.63, 3.8) is 0 Å². The molecule has 0 amide bonds. The zero-order valence-corrected chi connectivity index (χ0v) is 11.2. The number of unbranched alkanes of at least 4 members (excludes halogenated alkanes) is 1. The van der Waals surface area contributed by atoms with Crippen LogP contribution in [-0.2, 0) is 30.7 Å². The second-order valence-corrected chi connectivity index (χ2v) is 4.16. The van der Waals surface area contributed by atoms with Crippen molar-refractivity contribution in [2.75, 3.05) is 13.7 Å². The summed E-state index contributed by atoms with van der Waals surface area (Å²) in [7, 11) is 1.73. The van der Waals surface area contributed by atoms with E-state index in [9.17, 15) is 5.11 Å². The highest BCUT2D eigenvalue weighted by Crippen LogP contribution is 2.16. The number of methoxy groups -OCH3 is 1. The number of aliphatic hydroxyl groups is 1. The molecule has 1 aromatic rings. The first-order valence-corrected chi connectivity index (χ1v) is 6.45. The van der Waals surface area contributed by atoms with Gasteiger partial charge in [0.25, 0.3) is 0 Å². The summed E-state index contributed by atoms with van der Waals surface area (Å²) in [6.07, 6.45) is 3.92. The molecule has 4 nitrogen and oxygen atoms in total. The van der Waals surface area contributed by atoms with Crippen LogP contribution in [0.1, 0.15) is 43.6 Å². The number of nitrogens with zero attached hydrogens (tertiary/aromatic N) is 2. The van der Waals surface area contributed by atoms with Gasteiger partial charge >= 0.3 is 0 Å². The fraction of sp³-hybridized carbons (Fsp3) is 0.769. The summed E-state index contributed by atoms with van der Waals surface area (Å²) >= 11 is 0. The van der Waals surface area contributed by atoms with E-state index in [4.69, 9.17) is 4.74 Å². The second-order valence-electron chi connectivity index (χ2n) is 4.16. The van der Waals surface area contributed by atoms with Crippen molar-refractivity contribution < 1.29 is 9.84 Å². The predicted octanol–water partition coefficient (Wildman–Crippen LogP) is 1.93. The van der Waals surface area contributed by atoms with Crippen LogP contribution in [0, 0.1) is 0 Å². The van der Waals surface area contributed by atoms with Crippen molar-refractivity contribution in [1.29, 1.82) is 0 Å². The number of aliphatic hydroxyl groups excluding tert-OH is 1. The Labute approximate surface area is 104 Å². The summed E-state index contributed by atoms with van der Waals surface area (Å²) in [4.78, 5) is 0. The molecule has 0 aliphatic rings. The van der Waals surface area contributed by atoms with Crippen LogP contribution in [0.3, 0.4) is 0 Å². The molecule has 1 rings (SSSR count). The highest BCUT2D eigenvalue weighted by molar-refractivity contribution is 5.25. The van der Waals surface area contributed by atoms with Crippen LogP contribution in [0.15, 0.2) is 0 Å². The van der Waals surface area contributed by atoms with Crippen LogP contribution >= 0.6 is 0 Å². The third-order valence-corrected chi connectivity index (χ3v) is 3.05. The largest absolute Gasteiger partial charge is 0.392 e. The van der Waals surface area contributed by atoms with E-state index in [0.717, 1.165) is 50.1 Å². The summed E-state index contributed by atoms with van der Waals surface area (Å²) in [6, 6.07) is 0. The maximum Gasteiger partial charge on any atom is 0.0718 e. The molecule has 1 N–H and O–H groups in total. The molecule has 0 aliphatic carbocycles. The zero-order chi connectivity index (χ0) is 12.7. The quantitative estimate of drug-likeness (QED) is 0.706. The molecule has 98 valence electrons. The van der Waals surface area contributed by atoms with Crippen LogP contribution < -0.4 is 0 Å². The van der Waals surface area contributed by atoms with Crippen molar-refractivity contribution in [3.05, 3.63) is 17.0 Å². The Balaban J connectivity index is 2.73. The molecule has 0 spiro atoms. The van der Waals surface area contributed by atoms with E-state index in [0.29, 0.717) is 0 Å². The van der Waals surface area contributed by atoms with Gasteiger partial charge in [-0.1, -0.05) is 13.8 Å². The lowest BCUT2D eigenvalue weighted by Crippen LogP contribution is -2.06. The maximum atomic E-state index is 9.41.